The van der Waals surface area contributed by atoms with Crippen molar-refractivity contribution in [3.63, 3.8) is 0 Å². The summed E-state index contributed by atoms with van der Waals surface area (Å²) in [6, 6.07) is 0. The van der Waals surface area contributed by atoms with Gasteiger partial charge in [0, 0.05) is 26.2 Å². The third-order valence-corrected chi connectivity index (χ3v) is 3.93. The summed E-state index contributed by atoms with van der Waals surface area (Å²) in [5.74, 6) is 0.184. The van der Waals surface area contributed by atoms with Gasteiger partial charge in [-0.1, -0.05) is 73.1 Å². The molecule has 0 aromatic heterocycles. The predicted octanol–water partition coefficient (Wildman–Crippen LogP) is 5.44. The second-order valence-electron chi connectivity index (χ2n) is 8.32. The molecule has 0 unspecified atom stereocenters. The molecule has 0 saturated carbocycles. The fourth-order valence-electron chi connectivity index (χ4n) is 2.41. The summed E-state index contributed by atoms with van der Waals surface area (Å²) >= 11 is 0. The van der Waals surface area contributed by atoms with Crippen LogP contribution in [0.25, 0.3) is 0 Å². The van der Waals surface area contributed by atoms with Crippen molar-refractivity contribution in [2.24, 2.45) is 11.1 Å². The third kappa shape index (κ3) is 28.2. The summed E-state index contributed by atoms with van der Waals surface area (Å²) in [4.78, 5) is 11.3. The first-order chi connectivity index (χ1) is 12.4. The smallest absolute Gasteiger partial charge is 0.220 e. The van der Waals surface area contributed by atoms with Crippen LogP contribution in [0, 0.1) is 5.41 Å². The number of rotatable bonds is 15. The standard InChI is InChI=1S/C11H23NO.C11H25NO/c1-5-6-7-8-12-10(13)9-11(2,3)4;1-2-3-7-10-13-11-8-5-4-6-9-12/h5-9H2,1-4H3,(H,12,13);2-12H2,1H3. The molecule has 3 N–H and O–H groups in total. The van der Waals surface area contributed by atoms with Crippen LogP contribution in [0.15, 0.2) is 0 Å². The Morgan fingerprint density at radius 2 is 1.38 bits per heavy atom. The van der Waals surface area contributed by atoms with Gasteiger partial charge in [0.15, 0.2) is 0 Å². The molecule has 0 spiro atoms. The zero-order valence-electron chi connectivity index (χ0n) is 18.5. The van der Waals surface area contributed by atoms with Crippen LogP contribution < -0.4 is 11.1 Å². The quantitative estimate of drug-likeness (QED) is 0.376. The lowest BCUT2D eigenvalue weighted by Crippen LogP contribution is -2.28. The molecular formula is C22H48N2O2. The molecule has 0 atom stereocenters. The summed E-state index contributed by atoms with van der Waals surface area (Å²) in [5, 5.41) is 2.94. The molecule has 0 rings (SSSR count). The van der Waals surface area contributed by atoms with Gasteiger partial charge in [-0.25, -0.2) is 0 Å². The van der Waals surface area contributed by atoms with Crippen LogP contribution >= 0.6 is 0 Å². The van der Waals surface area contributed by atoms with E-state index < -0.39 is 0 Å². The average molecular weight is 373 g/mol. The first-order valence-electron chi connectivity index (χ1n) is 10.9. The minimum absolute atomic E-state index is 0.106. The lowest BCUT2D eigenvalue weighted by Gasteiger charge is -2.17. The van der Waals surface area contributed by atoms with E-state index in [4.69, 9.17) is 10.5 Å². The summed E-state index contributed by atoms with van der Waals surface area (Å²) in [6.07, 6.45) is 12.8. The van der Waals surface area contributed by atoms with Crippen molar-refractivity contribution >= 4 is 5.91 Å². The van der Waals surface area contributed by atoms with E-state index in [0.29, 0.717) is 6.42 Å². The molecule has 4 heteroatoms. The van der Waals surface area contributed by atoms with Gasteiger partial charge in [0.1, 0.15) is 0 Å². The molecular weight excluding hydrogens is 324 g/mol. The maximum atomic E-state index is 11.3. The Balaban J connectivity index is 0. The van der Waals surface area contributed by atoms with Gasteiger partial charge in [0.05, 0.1) is 0 Å². The van der Waals surface area contributed by atoms with Gasteiger partial charge in [-0.3, -0.25) is 4.79 Å². The van der Waals surface area contributed by atoms with E-state index in [1.54, 1.807) is 0 Å². The lowest BCUT2D eigenvalue weighted by atomic mass is 9.92. The highest BCUT2D eigenvalue weighted by Gasteiger charge is 2.14. The van der Waals surface area contributed by atoms with E-state index in [9.17, 15) is 4.79 Å². The molecule has 0 fully saturated rings. The second kappa shape index (κ2) is 20.7. The van der Waals surface area contributed by atoms with Crippen molar-refractivity contribution in [3.05, 3.63) is 0 Å². The van der Waals surface area contributed by atoms with Crippen molar-refractivity contribution in [2.75, 3.05) is 26.3 Å². The first kappa shape index (κ1) is 27.6. The largest absolute Gasteiger partial charge is 0.381 e. The molecule has 0 aromatic rings. The van der Waals surface area contributed by atoms with Crippen LogP contribution in [0.5, 0.6) is 0 Å². The third-order valence-electron chi connectivity index (χ3n) is 3.93. The van der Waals surface area contributed by atoms with Crippen molar-refractivity contribution in [1.82, 2.24) is 5.32 Å². The molecule has 158 valence electrons. The van der Waals surface area contributed by atoms with E-state index >= 15 is 0 Å². The molecule has 0 heterocycles. The normalized spacial score (nSPS) is 11.0. The number of unbranched alkanes of at least 4 members (excludes halogenated alkanes) is 7. The number of hydrogen-bond donors (Lipinski definition) is 2. The van der Waals surface area contributed by atoms with E-state index in [-0.39, 0.29) is 11.3 Å². The van der Waals surface area contributed by atoms with Crippen LogP contribution in [-0.2, 0) is 9.53 Å². The Hall–Kier alpha value is -0.610. The zero-order chi connectivity index (χ0) is 20.1. The molecule has 0 aliphatic heterocycles. The Morgan fingerprint density at radius 3 is 1.92 bits per heavy atom. The monoisotopic (exact) mass is 372 g/mol. The molecule has 4 nitrogen and oxygen atoms in total. The molecule has 0 aliphatic rings. The summed E-state index contributed by atoms with van der Waals surface area (Å²) < 4.78 is 5.48. The number of amides is 1. The first-order valence-corrected chi connectivity index (χ1v) is 10.9. The van der Waals surface area contributed by atoms with Gasteiger partial charge in [-0.15, -0.1) is 0 Å². The SMILES string of the molecule is CCCCCNC(=O)CC(C)(C)C.CCCCCOCCCCCCN. The van der Waals surface area contributed by atoms with Gasteiger partial charge < -0.3 is 15.8 Å². The Bertz CT molecular complexity index is 278. The summed E-state index contributed by atoms with van der Waals surface area (Å²) in [6.45, 7) is 14.2. The highest BCUT2D eigenvalue weighted by Crippen LogP contribution is 2.17. The molecule has 0 aromatic carbocycles. The summed E-state index contributed by atoms with van der Waals surface area (Å²) in [5.41, 5.74) is 5.50. The van der Waals surface area contributed by atoms with Crippen LogP contribution in [0.1, 0.15) is 105 Å². The number of ether oxygens (including phenoxy) is 1. The Morgan fingerprint density at radius 1 is 0.846 bits per heavy atom. The van der Waals surface area contributed by atoms with Crippen LogP contribution in [0.2, 0.25) is 0 Å². The number of hydrogen-bond acceptors (Lipinski definition) is 3. The highest BCUT2D eigenvalue weighted by molar-refractivity contribution is 5.76. The Kier molecular flexibility index (Phi) is 22.0. The van der Waals surface area contributed by atoms with E-state index in [0.717, 1.165) is 39.1 Å². The van der Waals surface area contributed by atoms with Crippen molar-refractivity contribution < 1.29 is 9.53 Å². The molecule has 1 amide bonds. The van der Waals surface area contributed by atoms with Gasteiger partial charge >= 0.3 is 0 Å². The lowest BCUT2D eigenvalue weighted by molar-refractivity contribution is -0.122. The number of carbonyl (C=O) groups is 1. The average Bonchev–Trinajstić information content (AvgIpc) is 2.56. The fraction of sp³-hybridized carbons (Fsp3) is 0.955. The van der Waals surface area contributed by atoms with E-state index in [2.05, 4.69) is 39.9 Å². The summed E-state index contributed by atoms with van der Waals surface area (Å²) in [7, 11) is 0. The molecule has 26 heavy (non-hydrogen) atoms. The molecule has 0 radical (unpaired) electrons. The number of nitrogens with two attached hydrogens (primary N) is 1. The predicted molar refractivity (Wildman–Crippen MR) is 114 cm³/mol. The number of carbonyl (C=O) groups excluding carboxylic acids is 1. The van der Waals surface area contributed by atoms with Crippen molar-refractivity contribution in [1.29, 1.82) is 0 Å². The van der Waals surface area contributed by atoms with E-state index in [1.165, 1.54) is 51.4 Å². The zero-order valence-corrected chi connectivity index (χ0v) is 18.5. The van der Waals surface area contributed by atoms with Gasteiger partial charge in [0.2, 0.25) is 5.91 Å². The van der Waals surface area contributed by atoms with Gasteiger partial charge in [-0.2, -0.15) is 0 Å². The number of nitrogens with one attached hydrogen (secondary N) is 1. The maximum absolute atomic E-state index is 11.3. The van der Waals surface area contributed by atoms with Gasteiger partial charge in [0.25, 0.3) is 0 Å². The van der Waals surface area contributed by atoms with Crippen molar-refractivity contribution in [3.8, 4) is 0 Å². The van der Waals surface area contributed by atoms with Crippen LogP contribution in [-0.4, -0.2) is 32.2 Å². The van der Waals surface area contributed by atoms with Crippen LogP contribution in [0.3, 0.4) is 0 Å². The van der Waals surface area contributed by atoms with E-state index in [1.807, 2.05) is 0 Å². The minimum Gasteiger partial charge on any atom is -0.381 e. The highest BCUT2D eigenvalue weighted by atomic mass is 16.5. The molecule has 0 aliphatic carbocycles. The molecule has 0 bridgehead atoms. The van der Waals surface area contributed by atoms with Gasteiger partial charge in [-0.05, 0) is 37.6 Å². The Labute approximate surface area is 164 Å². The maximum Gasteiger partial charge on any atom is 0.220 e. The topological polar surface area (TPSA) is 64.3 Å². The van der Waals surface area contributed by atoms with Crippen LogP contribution in [0.4, 0.5) is 0 Å². The second-order valence-corrected chi connectivity index (χ2v) is 8.32. The minimum atomic E-state index is 0.106. The molecule has 0 saturated heterocycles. The van der Waals surface area contributed by atoms with Crippen molar-refractivity contribution in [2.45, 2.75) is 105 Å². The fourth-order valence-corrected chi connectivity index (χ4v) is 2.41.